The SMILES string of the molecule is C=CC(=O)OC(C)CCCCCCCCCC[Si](OCC)(OCC)OCC. The number of carbonyl (C=O) groups is 1. The van der Waals surface area contributed by atoms with Gasteiger partial charge in [-0.2, -0.15) is 0 Å². The number of hydrogen-bond donors (Lipinski definition) is 0. The predicted molar refractivity (Wildman–Crippen MR) is 113 cm³/mol. The molecular weight excluding hydrogens is 360 g/mol. The highest BCUT2D eigenvalue weighted by atomic mass is 28.4. The van der Waals surface area contributed by atoms with Gasteiger partial charge in [0.2, 0.25) is 0 Å². The van der Waals surface area contributed by atoms with Gasteiger partial charge in [0.15, 0.2) is 0 Å². The van der Waals surface area contributed by atoms with Gasteiger partial charge in [-0.1, -0.05) is 45.1 Å². The van der Waals surface area contributed by atoms with Crippen molar-refractivity contribution >= 4 is 14.8 Å². The average molecular weight is 403 g/mol. The van der Waals surface area contributed by atoms with Gasteiger partial charge in [-0.05, 0) is 47.0 Å². The molecule has 0 spiro atoms. The second-order valence-electron chi connectivity index (χ2n) is 6.80. The highest BCUT2D eigenvalue weighted by Crippen LogP contribution is 2.21. The standard InChI is InChI=1S/C21H42O5Si/c1-6-21(22)26-20(5)18-16-14-12-10-11-13-15-17-19-27(23-7-2,24-8-3)25-9-4/h6,20H,1,7-19H2,2-5H3. The Labute approximate surface area is 168 Å². The summed E-state index contributed by atoms with van der Waals surface area (Å²) in [4.78, 5) is 11.1. The van der Waals surface area contributed by atoms with Gasteiger partial charge < -0.3 is 18.0 Å². The minimum Gasteiger partial charge on any atom is -0.460 e. The predicted octanol–water partition coefficient (Wildman–Crippen LogP) is 5.66. The van der Waals surface area contributed by atoms with Crippen molar-refractivity contribution in [3.63, 3.8) is 0 Å². The van der Waals surface area contributed by atoms with Crippen LogP contribution in [0.4, 0.5) is 0 Å². The van der Waals surface area contributed by atoms with Crippen molar-refractivity contribution in [1.29, 1.82) is 0 Å². The number of hydrogen-bond acceptors (Lipinski definition) is 5. The van der Waals surface area contributed by atoms with Gasteiger partial charge in [-0.3, -0.25) is 0 Å². The summed E-state index contributed by atoms with van der Waals surface area (Å²) in [5.41, 5.74) is 0. The molecule has 160 valence electrons. The van der Waals surface area contributed by atoms with Crippen molar-refractivity contribution in [2.45, 2.75) is 97.6 Å². The zero-order chi connectivity index (χ0) is 20.4. The highest BCUT2D eigenvalue weighted by molar-refractivity contribution is 6.60. The maximum atomic E-state index is 11.1. The van der Waals surface area contributed by atoms with E-state index in [4.69, 9.17) is 18.0 Å². The molecule has 0 saturated heterocycles. The normalized spacial score (nSPS) is 12.7. The second-order valence-corrected chi connectivity index (χ2v) is 9.53. The smallest absolute Gasteiger partial charge is 0.460 e. The Bertz CT molecular complexity index is 359. The number of esters is 1. The highest BCUT2D eigenvalue weighted by Gasteiger charge is 2.39. The molecule has 0 N–H and O–H groups in total. The summed E-state index contributed by atoms with van der Waals surface area (Å²) in [6, 6.07) is 0.920. The minimum atomic E-state index is -2.45. The van der Waals surface area contributed by atoms with E-state index in [-0.39, 0.29) is 12.1 Å². The molecular formula is C21H42O5Si. The van der Waals surface area contributed by atoms with E-state index in [1.165, 1.54) is 44.6 Å². The summed E-state index contributed by atoms with van der Waals surface area (Å²) in [7, 11) is -2.45. The number of unbranched alkanes of at least 4 members (excludes halogenated alkanes) is 7. The van der Waals surface area contributed by atoms with Gasteiger partial charge in [0, 0.05) is 31.9 Å². The fourth-order valence-corrected chi connectivity index (χ4v) is 5.83. The van der Waals surface area contributed by atoms with Gasteiger partial charge in [-0.25, -0.2) is 4.79 Å². The Morgan fingerprint density at radius 1 is 0.852 bits per heavy atom. The maximum Gasteiger partial charge on any atom is 0.500 e. The lowest BCUT2D eigenvalue weighted by Crippen LogP contribution is -2.45. The molecule has 0 rings (SSSR count). The van der Waals surface area contributed by atoms with Crippen LogP contribution in [-0.4, -0.2) is 40.7 Å². The van der Waals surface area contributed by atoms with Gasteiger partial charge in [0.25, 0.3) is 0 Å². The molecule has 1 atom stereocenters. The number of carbonyl (C=O) groups excluding carboxylic acids is 1. The van der Waals surface area contributed by atoms with Gasteiger partial charge >= 0.3 is 14.8 Å². The van der Waals surface area contributed by atoms with Crippen molar-refractivity contribution in [3.05, 3.63) is 12.7 Å². The molecule has 0 aromatic rings. The van der Waals surface area contributed by atoms with Crippen LogP contribution < -0.4 is 0 Å². The zero-order valence-corrected chi connectivity index (χ0v) is 19.1. The summed E-state index contributed by atoms with van der Waals surface area (Å²) in [6.07, 6.45) is 11.8. The van der Waals surface area contributed by atoms with Crippen LogP contribution in [0.1, 0.15) is 85.5 Å². The molecule has 27 heavy (non-hydrogen) atoms. The van der Waals surface area contributed by atoms with Crippen molar-refractivity contribution < 1.29 is 22.8 Å². The third-order valence-corrected chi connectivity index (χ3v) is 7.57. The van der Waals surface area contributed by atoms with Crippen molar-refractivity contribution in [2.75, 3.05) is 19.8 Å². The Morgan fingerprint density at radius 2 is 1.30 bits per heavy atom. The van der Waals surface area contributed by atoms with Crippen LogP contribution in [-0.2, 0) is 22.8 Å². The summed E-state index contributed by atoms with van der Waals surface area (Å²) in [5, 5.41) is 0. The molecule has 0 heterocycles. The molecule has 0 fully saturated rings. The van der Waals surface area contributed by atoms with Crippen molar-refractivity contribution in [2.24, 2.45) is 0 Å². The van der Waals surface area contributed by atoms with Gasteiger partial charge in [-0.15, -0.1) is 0 Å². The molecule has 0 amide bonds. The fourth-order valence-electron chi connectivity index (χ4n) is 3.14. The molecule has 0 saturated carbocycles. The molecule has 6 heteroatoms. The van der Waals surface area contributed by atoms with Crippen molar-refractivity contribution in [3.8, 4) is 0 Å². The molecule has 0 aliphatic carbocycles. The van der Waals surface area contributed by atoms with Crippen LogP contribution in [0, 0.1) is 0 Å². The van der Waals surface area contributed by atoms with Crippen LogP contribution in [0.3, 0.4) is 0 Å². The quantitative estimate of drug-likeness (QED) is 0.121. The summed E-state index contributed by atoms with van der Waals surface area (Å²) in [6.45, 7) is 13.3. The molecule has 0 aromatic carbocycles. The number of rotatable bonds is 19. The second kappa shape index (κ2) is 17.4. The Morgan fingerprint density at radius 3 is 1.74 bits per heavy atom. The fraction of sp³-hybridized carbons (Fsp3) is 0.857. The lowest BCUT2D eigenvalue weighted by atomic mass is 10.1. The first-order chi connectivity index (χ1) is 13.0. The van der Waals surface area contributed by atoms with Crippen LogP contribution in [0.5, 0.6) is 0 Å². The maximum absolute atomic E-state index is 11.1. The molecule has 0 aliphatic rings. The van der Waals surface area contributed by atoms with E-state index in [2.05, 4.69) is 6.58 Å². The Hall–Kier alpha value is -0.693. The molecule has 5 nitrogen and oxygen atoms in total. The van der Waals surface area contributed by atoms with Crippen LogP contribution in [0.2, 0.25) is 6.04 Å². The largest absolute Gasteiger partial charge is 0.500 e. The van der Waals surface area contributed by atoms with E-state index in [1.54, 1.807) is 0 Å². The molecule has 0 aliphatic heterocycles. The van der Waals surface area contributed by atoms with E-state index in [0.29, 0.717) is 19.8 Å². The number of ether oxygens (including phenoxy) is 1. The summed E-state index contributed by atoms with van der Waals surface area (Å²) in [5.74, 6) is -0.326. The van der Waals surface area contributed by atoms with Crippen LogP contribution >= 0.6 is 0 Å². The van der Waals surface area contributed by atoms with E-state index in [1.807, 2.05) is 27.7 Å². The van der Waals surface area contributed by atoms with Crippen LogP contribution in [0.25, 0.3) is 0 Å². The summed E-state index contributed by atoms with van der Waals surface area (Å²) < 4.78 is 22.8. The molecule has 1 unspecified atom stereocenters. The van der Waals surface area contributed by atoms with E-state index < -0.39 is 8.80 Å². The van der Waals surface area contributed by atoms with E-state index in [9.17, 15) is 4.79 Å². The Balaban J connectivity index is 3.70. The average Bonchev–Trinajstić information content (AvgIpc) is 2.63. The van der Waals surface area contributed by atoms with Crippen molar-refractivity contribution in [1.82, 2.24) is 0 Å². The van der Waals surface area contributed by atoms with Crippen LogP contribution in [0.15, 0.2) is 12.7 Å². The topological polar surface area (TPSA) is 54.0 Å². The van der Waals surface area contributed by atoms with E-state index >= 15 is 0 Å². The van der Waals surface area contributed by atoms with Gasteiger partial charge in [0.1, 0.15) is 0 Å². The zero-order valence-electron chi connectivity index (χ0n) is 18.1. The summed E-state index contributed by atoms with van der Waals surface area (Å²) >= 11 is 0. The minimum absolute atomic E-state index is 0.0130. The monoisotopic (exact) mass is 402 g/mol. The first kappa shape index (κ1) is 26.3. The molecule has 0 radical (unpaired) electrons. The third-order valence-electron chi connectivity index (χ3n) is 4.42. The van der Waals surface area contributed by atoms with E-state index in [0.717, 1.165) is 25.3 Å². The molecule has 0 aromatic heterocycles. The lowest BCUT2D eigenvalue weighted by Gasteiger charge is -2.28. The Kier molecular flexibility index (Phi) is 17.0. The lowest BCUT2D eigenvalue weighted by molar-refractivity contribution is -0.142. The molecule has 0 bridgehead atoms. The first-order valence-electron chi connectivity index (χ1n) is 10.8. The first-order valence-corrected chi connectivity index (χ1v) is 12.7. The van der Waals surface area contributed by atoms with Gasteiger partial charge in [0.05, 0.1) is 6.10 Å². The third kappa shape index (κ3) is 14.0.